The molecule has 1 saturated heterocycles. The van der Waals surface area contributed by atoms with E-state index in [0.29, 0.717) is 78.4 Å². The first-order valence-corrected chi connectivity index (χ1v) is 18.7. The lowest BCUT2D eigenvalue weighted by atomic mass is 10.1. The number of carbonyl (C=O) groups excluding carboxylic acids is 3. The van der Waals surface area contributed by atoms with Crippen LogP contribution in [-0.2, 0) is 4.74 Å². The van der Waals surface area contributed by atoms with Crippen LogP contribution in [0.2, 0.25) is 0 Å². The van der Waals surface area contributed by atoms with E-state index in [0.717, 1.165) is 23.3 Å². The third kappa shape index (κ3) is 10.0. The number of nitrogens with zero attached hydrogens (tertiary/aromatic N) is 5. The lowest BCUT2D eigenvalue weighted by molar-refractivity contribution is -0.385. The Kier molecular flexibility index (Phi) is 13.0. The van der Waals surface area contributed by atoms with Gasteiger partial charge in [-0.3, -0.25) is 24.5 Å². The summed E-state index contributed by atoms with van der Waals surface area (Å²) in [5.74, 6) is -3.07. The number of aromatic nitrogens is 3. The molecule has 0 atom stereocenters. The first kappa shape index (κ1) is 42.3. The second-order valence-electron chi connectivity index (χ2n) is 13.7. The molecule has 310 valence electrons. The number of halogens is 3. The standard InChI is InChI=1S/C28H30FN7O3.C14H10F2N2O3/c1-4-30-28(38)23-15-36-25(18(23)3)26(31-16-32-36)34-24-14-21(6-5-17(24)2)33-27(37)19-11-20(29)13-22(12-19)35-7-9-39-10-8-35;1-8-2-3-12(7-13(8)18(20)21)17-14(19)9-4-10(15)6-11(16)5-9/h5-6,11-16H,4,7-10H2,1-3H3,(H,30,38)(H,33,37)(H,31,32,34);2-7H,1H3,(H,17,19). The maximum Gasteiger partial charge on any atom is 0.274 e. The fraction of sp³-hybridized carbons (Fsp3) is 0.214. The molecule has 7 rings (SSSR count). The van der Waals surface area contributed by atoms with Gasteiger partial charge in [0.1, 0.15) is 29.3 Å². The van der Waals surface area contributed by atoms with Crippen molar-refractivity contribution in [2.45, 2.75) is 27.7 Å². The number of benzene rings is 4. The van der Waals surface area contributed by atoms with Gasteiger partial charge < -0.3 is 30.9 Å². The normalized spacial score (nSPS) is 12.3. The van der Waals surface area contributed by atoms with Crippen LogP contribution in [0.15, 0.2) is 85.3 Å². The van der Waals surface area contributed by atoms with Crippen LogP contribution in [0.3, 0.4) is 0 Å². The summed E-state index contributed by atoms with van der Waals surface area (Å²) in [6, 6.07) is 16.3. The van der Waals surface area contributed by atoms with E-state index in [-0.39, 0.29) is 28.4 Å². The zero-order valence-electron chi connectivity index (χ0n) is 32.9. The summed E-state index contributed by atoms with van der Waals surface area (Å²) in [4.78, 5) is 54.1. The van der Waals surface area contributed by atoms with E-state index in [2.05, 4.69) is 31.3 Å². The summed E-state index contributed by atoms with van der Waals surface area (Å²) in [6.07, 6.45) is 3.09. The minimum Gasteiger partial charge on any atom is -0.378 e. The predicted octanol–water partition coefficient (Wildman–Crippen LogP) is 7.50. The number of hydrogen-bond donors (Lipinski definition) is 4. The maximum absolute atomic E-state index is 14.4. The molecule has 15 nitrogen and oxygen atoms in total. The number of aryl methyl sites for hydroxylation is 3. The van der Waals surface area contributed by atoms with E-state index < -0.39 is 34.2 Å². The Bertz CT molecular complexity index is 2590. The second-order valence-corrected chi connectivity index (χ2v) is 13.7. The Morgan fingerprint density at radius 3 is 2.03 bits per heavy atom. The Morgan fingerprint density at radius 1 is 0.800 bits per heavy atom. The summed E-state index contributed by atoms with van der Waals surface area (Å²) >= 11 is 0. The van der Waals surface area contributed by atoms with Crippen molar-refractivity contribution in [2.75, 3.05) is 53.7 Å². The first-order valence-electron chi connectivity index (χ1n) is 18.7. The zero-order chi connectivity index (χ0) is 43.1. The van der Waals surface area contributed by atoms with Crippen molar-refractivity contribution in [1.82, 2.24) is 19.9 Å². The van der Waals surface area contributed by atoms with Gasteiger partial charge in [0, 0.05) is 77.4 Å². The number of carbonyl (C=O) groups is 3. The van der Waals surface area contributed by atoms with E-state index >= 15 is 0 Å². The van der Waals surface area contributed by atoms with Crippen LogP contribution in [0.1, 0.15) is 54.7 Å². The van der Waals surface area contributed by atoms with Crippen molar-refractivity contribution in [3.05, 3.63) is 146 Å². The van der Waals surface area contributed by atoms with Gasteiger partial charge in [0.05, 0.1) is 23.7 Å². The molecule has 60 heavy (non-hydrogen) atoms. The molecule has 1 aliphatic rings. The number of nitrogens with one attached hydrogen (secondary N) is 4. The van der Waals surface area contributed by atoms with E-state index in [4.69, 9.17) is 4.74 Å². The number of rotatable bonds is 10. The summed E-state index contributed by atoms with van der Waals surface area (Å²) in [5, 5.41) is 26.4. The SMILES string of the molecule is CCNC(=O)c1cn2ncnc(Nc3cc(NC(=O)c4cc(F)cc(N5CCOCC5)c4)ccc3C)c2c1C.Cc1ccc(NC(=O)c2cc(F)cc(F)c2)cc1[N+](=O)[O-]. The Hall–Kier alpha value is -7.34. The summed E-state index contributed by atoms with van der Waals surface area (Å²) in [6.45, 7) is 10.1. The third-order valence-electron chi connectivity index (χ3n) is 9.47. The molecule has 4 N–H and O–H groups in total. The molecular weight excluding hydrogens is 784 g/mol. The quantitative estimate of drug-likeness (QED) is 0.0797. The highest BCUT2D eigenvalue weighted by atomic mass is 19.1. The molecule has 1 aliphatic heterocycles. The monoisotopic (exact) mass is 823 g/mol. The summed E-state index contributed by atoms with van der Waals surface area (Å²) in [7, 11) is 0. The van der Waals surface area contributed by atoms with Gasteiger partial charge in [-0.2, -0.15) is 5.10 Å². The average molecular weight is 824 g/mol. The van der Waals surface area contributed by atoms with Gasteiger partial charge in [-0.15, -0.1) is 0 Å². The Balaban J connectivity index is 0.000000243. The highest BCUT2D eigenvalue weighted by molar-refractivity contribution is 6.06. The number of amides is 3. The van der Waals surface area contributed by atoms with Gasteiger partial charge in [-0.05, 0) is 87.4 Å². The number of hydrogen-bond acceptors (Lipinski definition) is 10. The van der Waals surface area contributed by atoms with E-state index in [1.165, 1.54) is 36.7 Å². The van der Waals surface area contributed by atoms with Crippen molar-refractivity contribution in [2.24, 2.45) is 0 Å². The number of ether oxygens (including phenoxy) is 1. The van der Waals surface area contributed by atoms with Crippen LogP contribution >= 0.6 is 0 Å². The van der Waals surface area contributed by atoms with Crippen molar-refractivity contribution < 1.29 is 37.2 Å². The molecule has 1 fully saturated rings. The van der Waals surface area contributed by atoms with Crippen molar-refractivity contribution in [1.29, 1.82) is 0 Å². The zero-order valence-corrected chi connectivity index (χ0v) is 32.9. The Morgan fingerprint density at radius 2 is 1.40 bits per heavy atom. The fourth-order valence-electron chi connectivity index (χ4n) is 6.38. The van der Waals surface area contributed by atoms with Crippen LogP contribution in [0, 0.1) is 48.3 Å². The van der Waals surface area contributed by atoms with Crippen molar-refractivity contribution in [3.8, 4) is 0 Å². The molecule has 3 amide bonds. The minimum absolute atomic E-state index is 0.154. The number of fused-ring (bicyclic) bond motifs is 1. The molecule has 0 unspecified atom stereocenters. The van der Waals surface area contributed by atoms with Crippen LogP contribution < -0.4 is 26.2 Å². The second kappa shape index (κ2) is 18.5. The van der Waals surface area contributed by atoms with Gasteiger partial charge >= 0.3 is 0 Å². The number of anilines is 5. The predicted molar refractivity (Wildman–Crippen MR) is 220 cm³/mol. The molecule has 2 aromatic heterocycles. The Labute approximate surface area is 341 Å². The van der Waals surface area contributed by atoms with Crippen LogP contribution in [0.25, 0.3) is 5.52 Å². The molecular formula is C42H40F3N9O6. The average Bonchev–Trinajstić information content (AvgIpc) is 3.56. The van der Waals surface area contributed by atoms with Gasteiger partial charge in [-0.1, -0.05) is 12.1 Å². The lowest BCUT2D eigenvalue weighted by Crippen LogP contribution is -2.36. The molecule has 0 radical (unpaired) electrons. The highest BCUT2D eigenvalue weighted by Gasteiger charge is 2.20. The molecule has 0 spiro atoms. The minimum atomic E-state index is -0.880. The van der Waals surface area contributed by atoms with E-state index in [1.807, 2.05) is 31.7 Å². The molecule has 6 aromatic rings. The topological polar surface area (TPSA) is 185 Å². The van der Waals surface area contributed by atoms with E-state index in [9.17, 15) is 37.7 Å². The van der Waals surface area contributed by atoms with Gasteiger partial charge in [0.2, 0.25) is 0 Å². The van der Waals surface area contributed by atoms with E-state index in [1.54, 1.807) is 35.8 Å². The summed E-state index contributed by atoms with van der Waals surface area (Å²) < 4.78 is 47.5. The number of morpholine rings is 1. The van der Waals surface area contributed by atoms with Crippen molar-refractivity contribution >= 4 is 57.5 Å². The van der Waals surface area contributed by atoms with Crippen LogP contribution in [-0.4, -0.2) is 70.1 Å². The fourth-order valence-corrected chi connectivity index (χ4v) is 6.38. The number of nitro benzene ring substituents is 1. The molecule has 3 heterocycles. The smallest absolute Gasteiger partial charge is 0.274 e. The van der Waals surface area contributed by atoms with Gasteiger partial charge in [0.15, 0.2) is 5.82 Å². The molecule has 0 bridgehead atoms. The molecule has 0 saturated carbocycles. The maximum atomic E-state index is 14.4. The highest BCUT2D eigenvalue weighted by Crippen LogP contribution is 2.29. The van der Waals surface area contributed by atoms with Crippen LogP contribution in [0.4, 0.5) is 47.4 Å². The lowest BCUT2D eigenvalue weighted by Gasteiger charge is -2.29. The summed E-state index contributed by atoms with van der Waals surface area (Å²) in [5.41, 5.74) is 5.21. The number of nitro groups is 1. The van der Waals surface area contributed by atoms with Crippen LogP contribution in [0.5, 0.6) is 0 Å². The van der Waals surface area contributed by atoms with Gasteiger partial charge in [0.25, 0.3) is 23.4 Å². The largest absolute Gasteiger partial charge is 0.378 e. The molecule has 4 aromatic carbocycles. The third-order valence-corrected chi connectivity index (χ3v) is 9.47. The van der Waals surface area contributed by atoms with Gasteiger partial charge in [-0.25, -0.2) is 22.7 Å². The van der Waals surface area contributed by atoms with Crippen molar-refractivity contribution in [3.63, 3.8) is 0 Å². The first-order chi connectivity index (χ1) is 28.7. The molecule has 0 aliphatic carbocycles. The molecule has 18 heteroatoms.